The largest absolute Gasteiger partial charge is 0.492 e. The topological polar surface area (TPSA) is 74.7 Å². The molecule has 3 heterocycles. The van der Waals surface area contributed by atoms with Gasteiger partial charge in [-0.2, -0.15) is 4.98 Å². The molecule has 0 bridgehead atoms. The molecule has 1 saturated heterocycles. The third-order valence-electron chi connectivity index (χ3n) is 5.61. The summed E-state index contributed by atoms with van der Waals surface area (Å²) in [6.45, 7) is 6.09. The molecule has 0 atom stereocenters. The quantitative estimate of drug-likeness (QED) is 0.598. The Kier molecular flexibility index (Phi) is 5.50. The average Bonchev–Trinajstić information content (AvgIpc) is 3.26. The van der Waals surface area contributed by atoms with Gasteiger partial charge in [-0.1, -0.05) is 18.2 Å². The smallest absolute Gasteiger partial charge is 0.229 e. The molecule has 0 aliphatic carbocycles. The van der Waals surface area contributed by atoms with Gasteiger partial charge in [0.25, 0.3) is 0 Å². The Labute approximate surface area is 182 Å². The summed E-state index contributed by atoms with van der Waals surface area (Å²) < 4.78 is 5.88. The van der Waals surface area contributed by atoms with E-state index in [1.54, 1.807) is 6.20 Å². The van der Waals surface area contributed by atoms with Gasteiger partial charge in [0.05, 0.1) is 6.20 Å². The van der Waals surface area contributed by atoms with Crippen LogP contribution in [0.3, 0.4) is 0 Å². The molecule has 0 spiro atoms. The molecule has 2 aliphatic heterocycles. The van der Waals surface area contributed by atoms with Crippen LogP contribution < -0.4 is 15.4 Å². The molecule has 1 fully saturated rings. The molecular formula is C24H26N6O. The van der Waals surface area contributed by atoms with E-state index in [-0.39, 0.29) is 0 Å². The average molecular weight is 415 g/mol. The van der Waals surface area contributed by atoms with Gasteiger partial charge in [-0.25, -0.2) is 9.98 Å². The van der Waals surface area contributed by atoms with Crippen LogP contribution in [0.1, 0.15) is 25.3 Å². The SMILES string of the molecule is CC1=Nc2cnc(Nc3ccc(OCCN4CCCC4)cc3)nc2Nc2ccccc21. The molecule has 2 aliphatic rings. The third-order valence-corrected chi connectivity index (χ3v) is 5.61. The van der Waals surface area contributed by atoms with E-state index in [4.69, 9.17) is 4.74 Å². The van der Waals surface area contributed by atoms with Crippen molar-refractivity contribution in [1.82, 2.24) is 14.9 Å². The highest BCUT2D eigenvalue weighted by Gasteiger charge is 2.15. The van der Waals surface area contributed by atoms with Crippen LogP contribution >= 0.6 is 0 Å². The normalized spacial score (nSPS) is 15.3. The summed E-state index contributed by atoms with van der Waals surface area (Å²) in [5.74, 6) is 2.07. The monoisotopic (exact) mass is 414 g/mol. The summed E-state index contributed by atoms with van der Waals surface area (Å²) in [5, 5.41) is 6.65. The van der Waals surface area contributed by atoms with Crippen LogP contribution in [0.2, 0.25) is 0 Å². The Bertz CT molecular complexity index is 1090. The summed E-state index contributed by atoms with van der Waals surface area (Å²) in [5.41, 5.74) is 4.62. The molecule has 3 aromatic rings. The van der Waals surface area contributed by atoms with E-state index in [1.165, 1.54) is 25.9 Å². The second kappa shape index (κ2) is 8.73. The molecule has 2 N–H and O–H groups in total. The number of ether oxygens (including phenoxy) is 1. The van der Waals surface area contributed by atoms with Crippen LogP contribution in [0, 0.1) is 0 Å². The zero-order valence-electron chi connectivity index (χ0n) is 17.6. The number of likely N-dealkylation sites (tertiary alicyclic amines) is 1. The molecule has 7 nitrogen and oxygen atoms in total. The van der Waals surface area contributed by atoms with Crippen molar-refractivity contribution in [2.24, 2.45) is 4.99 Å². The molecule has 158 valence electrons. The number of anilines is 4. The number of hydrogen-bond donors (Lipinski definition) is 2. The summed E-state index contributed by atoms with van der Waals surface area (Å²) in [4.78, 5) is 16.2. The number of hydrogen-bond acceptors (Lipinski definition) is 7. The molecule has 0 radical (unpaired) electrons. The van der Waals surface area contributed by atoms with E-state index < -0.39 is 0 Å². The van der Waals surface area contributed by atoms with Crippen LogP contribution in [0.5, 0.6) is 5.75 Å². The first-order valence-corrected chi connectivity index (χ1v) is 10.8. The van der Waals surface area contributed by atoms with Crippen LogP contribution in [0.15, 0.2) is 59.7 Å². The minimum atomic E-state index is 0.515. The van der Waals surface area contributed by atoms with Crippen LogP contribution in [0.4, 0.5) is 28.8 Å². The highest BCUT2D eigenvalue weighted by Crippen LogP contribution is 2.33. The summed E-state index contributed by atoms with van der Waals surface area (Å²) in [6, 6.07) is 16.0. The Morgan fingerprint density at radius 1 is 1.06 bits per heavy atom. The van der Waals surface area contributed by atoms with Crippen molar-refractivity contribution < 1.29 is 4.74 Å². The van der Waals surface area contributed by atoms with Gasteiger partial charge in [0, 0.05) is 29.2 Å². The zero-order valence-corrected chi connectivity index (χ0v) is 17.6. The van der Waals surface area contributed by atoms with Gasteiger partial charge >= 0.3 is 0 Å². The highest BCUT2D eigenvalue weighted by atomic mass is 16.5. The van der Waals surface area contributed by atoms with Crippen molar-refractivity contribution >= 4 is 34.5 Å². The summed E-state index contributed by atoms with van der Waals surface area (Å²) in [6.07, 6.45) is 4.35. The summed E-state index contributed by atoms with van der Waals surface area (Å²) >= 11 is 0. The van der Waals surface area contributed by atoms with Crippen molar-refractivity contribution in [3.8, 4) is 5.75 Å². The maximum atomic E-state index is 5.88. The van der Waals surface area contributed by atoms with Gasteiger partial charge < -0.3 is 15.4 Å². The molecule has 7 heteroatoms. The van der Waals surface area contributed by atoms with Crippen LogP contribution in [-0.4, -0.2) is 46.8 Å². The number of aromatic nitrogens is 2. The maximum absolute atomic E-state index is 5.88. The van der Waals surface area contributed by atoms with Gasteiger partial charge in [0.15, 0.2) is 5.82 Å². The van der Waals surface area contributed by atoms with Gasteiger partial charge in [-0.3, -0.25) is 4.90 Å². The van der Waals surface area contributed by atoms with E-state index >= 15 is 0 Å². The lowest BCUT2D eigenvalue weighted by Gasteiger charge is -2.15. The highest BCUT2D eigenvalue weighted by molar-refractivity contribution is 6.07. The number of fused-ring (bicyclic) bond motifs is 2. The number of benzene rings is 2. The Balaban J connectivity index is 1.25. The molecule has 1 aromatic heterocycles. The first kappa shape index (κ1) is 19.5. The molecule has 31 heavy (non-hydrogen) atoms. The Morgan fingerprint density at radius 2 is 1.87 bits per heavy atom. The van der Waals surface area contributed by atoms with E-state index in [1.807, 2.05) is 49.4 Å². The standard InChI is InChI=1S/C24H26N6O/c1-17-20-6-2-3-7-21(20)28-23-22(26-17)16-25-24(29-23)27-18-8-10-19(11-9-18)31-15-14-30-12-4-5-13-30/h2-3,6-11,16H,4-5,12-15H2,1H3,(H2,25,27,28,29). The molecule has 5 rings (SSSR count). The molecular weight excluding hydrogens is 388 g/mol. The van der Waals surface area contributed by atoms with Gasteiger partial charge in [-0.15, -0.1) is 0 Å². The number of para-hydroxylation sites is 1. The van der Waals surface area contributed by atoms with Crippen molar-refractivity contribution in [3.05, 3.63) is 60.3 Å². The van der Waals surface area contributed by atoms with E-state index in [9.17, 15) is 0 Å². The molecule has 0 amide bonds. The fourth-order valence-electron chi connectivity index (χ4n) is 3.95. The van der Waals surface area contributed by atoms with E-state index in [2.05, 4.69) is 36.6 Å². The first-order chi connectivity index (χ1) is 15.2. The second-order valence-electron chi connectivity index (χ2n) is 7.84. The van der Waals surface area contributed by atoms with Crippen LogP contribution in [-0.2, 0) is 0 Å². The molecule has 2 aromatic carbocycles. The van der Waals surface area contributed by atoms with E-state index in [0.717, 1.165) is 40.6 Å². The fourth-order valence-corrected chi connectivity index (χ4v) is 3.95. The van der Waals surface area contributed by atoms with Gasteiger partial charge in [0.1, 0.15) is 18.0 Å². The van der Waals surface area contributed by atoms with Crippen molar-refractivity contribution in [2.45, 2.75) is 19.8 Å². The van der Waals surface area contributed by atoms with Gasteiger partial charge in [-0.05, 0) is 63.2 Å². The number of nitrogens with zero attached hydrogens (tertiary/aromatic N) is 4. The maximum Gasteiger partial charge on any atom is 0.229 e. The number of rotatable bonds is 6. The minimum absolute atomic E-state index is 0.515. The second-order valence-corrected chi connectivity index (χ2v) is 7.84. The predicted molar refractivity (Wildman–Crippen MR) is 125 cm³/mol. The predicted octanol–water partition coefficient (Wildman–Crippen LogP) is 4.89. The molecule has 0 unspecified atom stereocenters. The number of aliphatic imine (C=N–C) groups is 1. The van der Waals surface area contributed by atoms with Crippen molar-refractivity contribution in [1.29, 1.82) is 0 Å². The third kappa shape index (κ3) is 4.51. The minimum Gasteiger partial charge on any atom is -0.492 e. The molecule has 0 saturated carbocycles. The summed E-state index contributed by atoms with van der Waals surface area (Å²) in [7, 11) is 0. The number of nitrogens with one attached hydrogen (secondary N) is 2. The lowest BCUT2D eigenvalue weighted by Crippen LogP contribution is -2.25. The fraction of sp³-hybridized carbons (Fsp3) is 0.292. The zero-order chi connectivity index (χ0) is 21.0. The van der Waals surface area contributed by atoms with Crippen molar-refractivity contribution in [2.75, 3.05) is 36.9 Å². The van der Waals surface area contributed by atoms with E-state index in [0.29, 0.717) is 18.4 Å². The lowest BCUT2D eigenvalue weighted by molar-refractivity contribution is 0.238. The first-order valence-electron chi connectivity index (χ1n) is 10.8. The van der Waals surface area contributed by atoms with Crippen LogP contribution in [0.25, 0.3) is 0 Å². The van der Waals surface area contributed by atoms with Gasteiger partial charge in [0.2, 0.25) is 5.95 Å². The van der Waals surface area contributed by atoms with Crippen molar-refractivity contribution in [3.63, 3.8) is 0 Å². The lowest BCUT2D eigenvalue weighted by atomic mass is 10.1. The Hall–Kier alpha value is -3.45. The Morgan fingerprint density at radius 3 is 2.71 bits per heavy atom.